The SMILES string of the molecule is Cc1c2c(n(C)c(=O)c1Cl)CN(C(=O)c1cnc(CC(F)(F)F)s1)C2. The number of pyridine rings is 1. The van der Waals surface area contributed by atoms with E-state index in [2.05, 4.69) is 4.98 Å². The van der Waals surface area contributed by atoms with Crippen LogP contribution in [0.25, 0.3) is 0 Å². The van der Waals surface area contributed by atoms with Crippen LogP contribution in [0.1, 0.15) is 31.5 Å². The molecule has 0 fully saturated rings. The summed E-state index contributed by atoms with van der Waals surface area (Å²) >= 11 is 6.76. The van der Waals surface area contributed by atoms with Gasteiger partial charge in [0.15, 0.2) is 0 Å². The molecule has 0 N–H and O–H groups in total. The summed E-state index contributed by atoms with van der Waals surface area (Å²) in [6.45, 7) is 2.16. The van der Waals surface area contributed by atoms with E-state index in [-0.39, 0.29) is 33.6 Å². The smallest absolute Gasteiger partial charge is 0.328 e. The predicted octanol–water partition coefficient (Wildman–Crippen LogP) is 3.06. The zero-order chi connectivity index (χ0) is 18.5. The Bertz CT molecular complexity index is 920. The lowest BCUT2D eigenvalue weighted by Crippen LogP contribution is -2.26. The zero-order valence-corrected chi connectivity index (χ0v) is 14.8. The molecule has 0 radical (unpaired) electrons. The van der Waals surface area contributed by atoms with Crippen LogP contribution in [0.3, 0.4) is 0 Å². The molecule has 3 heterocycles. The van der Waals surface area contributed by atoms with Gasteiger partial charge >= 0.3 is 6.18 Å². The van der Waals surface area contributed by atoms with Crippen molar-refractivity contribution in [2.24, 2.45) is 7.05 Å². The van der Waals surface area contributed by atoms with Gasteiger partial charge in [-0.25, -0.2) is 4.98 Å². The Balaban J connectivity index is 1.85. The molecule has 1 amide bonds. The van der Waals surface area contributed by atoms with E-state index in [1.54, 1.807) is 14.0 Å². The molecule has 0 saturated heterocycles. The highest BCUT2D eigenvalue weighted by atomic mass is 35.5. The average Bonchev–Trinajstić information content (AvgIpc) is 3.15. The van der Waals surface area contributed by atoms with E-state index in [9.17, 15) is 22.8 Å². The molecule has 5 nitrogen and oxygen atoms in total. The second kappa shape index (κ2) is 6.14. The predicted molar refractivity (Wildman–Crippen MR) is 86.9 cm³/mol. The van der Waals surface area contributed by atoms with Gasteiger partial charge in [0.25, 0.3) is 11.5 Å². The van der Waals surface area contributed by atoms with Crippen LogP contribution in [-0.4, -0.2) is 26.5 Å². The van der Waals surface area contributed by atoms with Crippen LogP contribution < -0.4 is 5.56 Å². The molecule has 2 aromatic heterocycles. The summed E-state index contributed by atoms with van der Waals surface area (Å²) in [6.07, 6.45) is -4.36. The Kier molecular flexibility index (Phi) is 4.40. The Hall–Kier alpha value is -1.87. The van der Waals surface area contributed by atoms with Crippen LogP contribution in [0.5, 0.6) is 0 Å². The summed E-state index contributed by atoms with van der Waals surface area (Å²) in [5.41, 5.74) is 1.76. The Labute approximate surface area is 149 Å². The van der Waals surface area contributed by atoms with Gasteiger partial charge in [0.1, 0.15) is 14.9 Å². The van der Waals surface area contributed by atoms with E-state index < -0.39 is 18.5 Å². The van der Waals surface area contributed by atoms with Gasteiger partial charge in [-0.1, -0.05) is 11.6 Å². The average molecular weight is 392 g/mol. The molecule has 0 saturated carbocycles. The van der Waals surface area contributed by atoms with Crippen molar-refractivity contribution < 1.29 is 18.0 Å². The van der Waals surface area contributed by atoms with Crippen molar-refractivity contribution >= 4 is 28.8 Å². The molecule has 0 atom stereocenters. The minimum absolute atomic E-state index is 0.112. The van der Waals surface area contributed by atoms with Crippen LogP contribution in [0.15, 0.2) is 11.0 Å². The van der Waals surface area contributed by atoms with Gasteiger partial charge in [-0.05, 0) is 18.1 Å². The van der Waals surface area contributed by atoms with Crippen molar-refractivity contribution in [3.8, 4) is 0 Å². The number of thiazole rings is 1. The Morgan fingerprint density at radius 3 is 2.72 bits per heavy atom. The second-order valence-corrected chi connectivity index (χ2v) is 7.29. The number of fused-ring (bicyclic) bond motifs is 1. The molecule has 0 unspecified atom stereocenters. The third kappa shape index (κ3) is 3.30. The van der Waals surface area contributed by atoms with E-state index in [1.807, 2.05) is 0 Å². The van der Waals surface area contributed by atoms with Crippen LogP contribution in [-0.2, 0) is 26.6 Å². The summed E-state index contributed by atoms with van der Waals surface area (Å²) in [5.74, 6) is -0.412. The van der Waals surface area contributed by atoms with Crippen LogP contribution >= 0.6 is 22.9 Å². The van der Waals surface area contributed by atoms with Gasteiger partial charge in [-0.15, -0.1) is 11.3 Å². The van der Waals surface area contributed by atoms with Gasteiger partial charge in [-0.2, -0.15) is 13.2 Å². The van der Waals surface area contributed by atoms with Crippen molar-refractivity contribution in [3.63, 3.8) is 0 Å². The molecular weight excluding hydrogens is 379 g/mol. The fraction of sp³-hybridized carbons (Fsp3) is 0.400. The molecule has 0 bridgehead atoms. The maximum absolute atomic E-state index is 12.6. The van der Waals surface area contributed by atoms with E-state index >= 15 is 0 Å². The summed E-state index contributed by atoms with van der Waals surface area (Å²) in [5, 5.41) is -0.0417. The third-order valence-corrected chi connectivity index (χ3v) is 5.55. The lowest BCUT2D eigenvalue weighted by molar-refractivity contribution is -0.127. The van der Waals surface area contributed by atoms with Crippen molar-refractivity contribution in [1.82, 2.24) is 14.5 Å². The van der Waals surface area contributed by atoms with Crippen molar-refractivity contribution in [1.29, 1.82) is 0 Å². The molecule has 0 aromatic carbocycles. The van der Waals surface area contributed by atoms with Crippen molar-refractivity contribution in [2.75, 3.05) is 0 Å². The maximum atomic E-state index is 12.6. The first-order valence-electron chi connectivity index (χ1n) is 7.26. The number of hydrogen-bond donors (Lipinski definition) is 0. The molecule has 2 aromatic rings. The molecule has 3 rings (SSSR count). The molecule has 1 aliphatic heterocycles. The number of halogens is 4. The van der Waals surface area contributed by atoms with Crippen LogP contribution in [0.2, 0.25) is 5.02 Å². The maximum Gasteiger partial charge on any atom is 0.395 e. The molecule has 10 heteroatoms. The molecule has 25 heavy (non-hydrogen) atoms. The topological polar surface area (TPSA) is 55.2 Å². The fourth-order valence-electron chi connectivity index (χ4n) is 2.78. The fourth-order valence-corrected chi connectivity index (χ4v) is 3.94. The first-order chi connectivity index (χ1) is 11.6. The highest BCUT2D eigenvalue weighted by Gasteiger charge is 2.32. The number of nitrogens with zero attached hydrogens (tertiary/aromatic N) is 3. The van der Waals surface area contributed by atoms with Crippen molar-refractivity contribution in [2.45, 2.75) is 32.6 Å². The molecule has 1 aliphatic rings. The quantitative estimate of drug-likeness (QED) is 0.790. The van der Waals surface area contributed by atoms with E-state index in [4.69, 9.17) is 11.6 Å². The van der Waals surface area contributed by atoms with Gasteiger partial charge in [0.05, 0.1) is 19.2 Å². The van der Waals surface area contributed by atoms with Crippen LogP contribution in [0, 0.1) is 6.92 Å². The second-order valence-electron chi connectivity index (χ2n) is 5.80. The summed E-state index contributed by atoms with van der Waals surface area (Å²) < 4.78 is 38.7. The number of carbonyl (C=O) groups excluding carboxylic acids is 1. The monoisotopic (exact) mass is 391 g/mol. The minimum atomic E-state index is -4.37. The molecular formula is C15H13ClF3N3O2S. The minimum Gasteiger partial charge on any atom is -0.328 e. The number of alkyl halides is 3. The third-order valence-electron chi connectivity index (χ3n) is 4.12. The summed E-state index contributed by atoms with van der Waals surface area (Å²) in [4.78, 5) is 29.9. The first kappa shape index (κ1) is 17.9. The highest BCUT2D eigenvalue weighted by Crippen LogP contribution is 2.30. The van der Waals surface area contributed by atoms with Gasteiger partial charge < -0.3 is 9.47 Å². The highest BCUT2D eigenvalue weighted by molar-refractivity contribution is 7.13. The standard InChI is InChI=1S/C15H13ClF3N3O2S/c1-7-8-5-22(6-9(8)21(2)14(24)12(7)16)13(23)10-4-20-11(25-10)3-15(17,18)19/h4H,3,5-6H2,1-2H3. The largest absolute Gasteiger partial charge is 0.395 e. The van der Waals surface area contributed by atoms with Gasteiger partial charge in [-0.3, -0.25) is 9.59 Å². The first-order valence-corrected chi connectivity index (χ1v) is 8.45. The lowest BCUT2D eigenvalue weighted by atomic mass is 10.1. The van der Waals surface area contributed by atoms with E-state index in [0.717, 1.165) is 23.1 Å². The Morgan fingerprint density at radius 1 is 1.40 bits per heavy atom. The number of carbonyl (C=O) groups is 1. The molecule has 0 spiro atoms. The summed E-state index contributed by atoms with van der Waals surface area (Å²) in [6, 6.07) is 0. The Morgan fingerprint density at radius 2 is 2.08 bits per heavy atom. The molecule has 0 aliphatic carbocycles. The summed E-state index contributed by atoms with van der Waals surface area (Å²) in [7, 11) is 1.58. The number of aromatic nitrogens is 2. The van der Waals surface area contributed by atoms with Gasteiger partial charge in [0.2, 0.25) is 0 Å². The number of amides is 1. The van der Waals surface area contributed by atoms with E-state index in [1.165, 1.54) is 9.47 Å². The lowest BCUT2D eigenvalue weighted by Gasteiger charge is -2.13. The zero-order valence-electron chi connectivity index (χ0n) is 13.3. The van der Waals surface area contributed by atoms with Crippen LogP contribution in [0.4, 0.5) is 13.2 Å². The molecule has 134 valence electrons. The normalized spacial score (nSPS) is 14.1. The number of rotatable bonds is 2. The van der Waals surface area contributed by atoms with Crippen molar-refractivity contribution in [3.05, 3.63) is 48.3 Å². The number of hydrogen-bond acceptors (Lipinski definition) is 4. The van der Waals surface area contributed by atoms with Gasteiger partial charge in [0, 0.05) is 19.3 Å². The van der Waals surface area contributed by atoms with E-state index in [0.29, 0.717) is 11.3 Å².